The highest BCUT2D eigenvalue weighted by Gasteiger charge is 2.17. The fourth-order valence-corrected chi connectivity index (χ4v) is 2.33. The molecule has 1 saturated heterocycles. The highest BCUT2D eigenvalue weighted by molar-refractivity contribution is 6.33. The van der Waals surface area contributed by atoms with Gasteiger partial charge in [0, 0.05) is 19.6 Å². The van der Waals surface area contributed by atoms with Gasteiger partial charge in [0.15, 0.2) is 0 Å². The van der Waals surface area contributed by atoms with Gasteiger partial charge in [-0.15, -0.1) is 0 Å². The summed E-state index contributed by atoms with van der Waals surface area (Å²) in [5, 5.41) is 7.35. The van der Waals surface area contributed by atoms with Crippen molar-refractivity contribution in [3.63, 3.8) is 0 Å². The number of hydrogen-bond donors (Lipinski definition) is 1. The Morgan fingerprint density at radius 1 is 1.50 bits per heavy atom. The molecule has 0 spiro atoms. The monoisotopic (exact) mass is 300 g/mol. The highest BCUT2D eigenvalue weighted by Crippen LogP contribution is 2.21. The Balaban J connectivity index is 2.25. The number of carbonyl (C=O) groups is 1. The van der Waals surface area contributed by atoms with Gasteiger partial charge in [-0.05, 0) is 13.0 Å². The fraction of sp³-hybridized carbons (Fsp3) is 0.583. The van der Waals surface area contributed by atoms with Crippen LogP contribution in [0.5, 0.6) is 0 Å². The van der Waals surface area contributed by atoms with Gasteiger partial charge in [0.25, 0.3) is 5.56 Å². The molecule has 0 aromatic carbocycles. The van der Waals surface area contributed by atoms with Gasteiger partial charge in [0.1, 0.15) is 11.6 Å². The average molecular weight is 301 g/mol. The number of nitrogens with zero attached hydrogens (tertiary/aromatic N) is 3. The zero-order valence-corrected chi connectivity index (χ0v) is 12.0. The van der Waals surface area contributed by atoms with Crippen molar-refractivity contribution in [2.45, 2.75) is 13.0 Å². The van der Waals surface area contributed by atoms with Gasteiger partial charge in [-0.1, -0.05) is 11.6 Å². The van der Waals surface area contributed by atoms with Crippen molar-refractivity contribution in [2.24, 2.45) is 0 Å². The van der Waals surface area contributed by atoms with E-state index >= 15 is 0 Å². The van der Waals surface area contributed by atoms with Crippen molar-refractivity contribution in [3.05, 3.63) is 21.6 Å². The van der Waals surface area contributed by atoms with Gasteiger partial charge in [-0.2, -0.15) is 5.10 Å². The molecule has 1 aliphatic heterocycles. The van der Waals surface area contributed by atoms with Crippen LogP contribution in [-0.2, 0) is 16.1 Å². The number of ether oxygens (including phenoxy) is 1. The second-order valence-electron chi connectivity index (χ2n) is 4.47. The molecule has 1 aromatic rings. The summed E-state index contributed by atoms with van der Waals surface area (Å²) in [6.45, 7) is 3.12. The van der Waals surface area contributed by atoms with Crippen molar-refractivity contribution in [2.75, 3.05) is 38.2 Å². The van der Waals surface area contributed by atoms with Gasteiger partial charge in [0.05, 0.1) is 19.0 Å². The predicted molar refractivity (Wildman–Crippen MR) is 75.2 cm³/mol. The topological polar surface area (TPSA) is 76.5 Å². The molecular weight excluding hydrogens is 284 g/mol. The molecular formula is C12H17ClN4O3. The smallest absolute Gasteiger partial charge is 0.327 e. The molecule has 1 N–H and O–H groups in total. The molecule has 0 aliphatic carbocycles. The predicted octanol–water partition coefficient (Wildman–Crippen LogP) is -0.131. The van der Waals surface area contributed by atoms with Crippen LogP contribution in [0.3, 0.4) is 0 Å². The van der Waals surface area contributed by atoms with Crippen molar-refractivity contribution >= 4 is 23.3 Å². The summed E-state index contributed by atoms with van der Waals surface area (Å²) in [4.78, 5) is 25.3. The molecule has 7 nitrogen and oxygen atoms in total. The molecule has 1 fully saturated rings. The number of aromatic nitrogens is 2. The second kappa shape index (κ2) is 6.71. The zero-order chi connectivity index (χ0) is 14.5. The molecule has 1 aromatic heterocycles. The van der Waals surface area contributed by atoms with E-state index in [1.807, 2.05) is 4.90 Å². The van der Waals surface area contributed by atoms with Crippen LogP contribution in [0.2, 0.25) is 5.02 Å². The maximum atomic E-state index is 12.1. The van der Waals surface area contributed by atoms with Crippen LogP contribution in [0.4, 0.5) is 5.69 Å². The molecule has 20 heavy (non-hydrogen) atoms. The highest BCUT2D eigenvalue weighted by atomic mass is 35.5. The SMILES string of the molecule is COC(=O)Cn1ncc(N2CCCNCC2)c(Cl)c1=O. The van der Waals surface area contributed by atoms with Gasteiger partial charge < -0.3 is 15.0 Å². The maximum absolute atomic E-state index is 12.1. The van der Waals surface area contributed by atoms with Crippen LogP contribution in [0.25, 0.3) is 0 Å². The number of methoxy groups -OCH3 is 1. The Hall–Kier alpha value is -1.60. The molecule has 0 radical (unpaired) electrons. The van der Waals surface area contributed by atoms with Gasteiger partial charge in [-0.25, -0.2) is 4.68 Å². The molecule has 110 valence electrons. The largest absolute Gasteiger partial charge is 0.468 e. The Kier molecular flexibility index (Phi) is 4.97. The lowest BCUT2D eigenvalue weighted by Gasteiger charge is -2.22. The molecule has 1 aliphatic rings. The fourth-order valence-electron chi connectivity index (χ4n) is 2.06. The molecule has 0 atom stereocenters. The summed E-state index contributed by atoms with van der Waals surface area (Å²) in [6.07, 6.45) is 2.50. The lowest BCUT2D eigenvalue weighted by atomic mass is 10.3. The van der Waals surface area contributed by atoms with E-state index in [4.69, 9.17) is 11.6 Å². The van der Waals surface area contributed by atoms with Gasteiger partial charge in [0.2, 0.25) is 0 Å². The summed E-state index contributed by atoms with van der Waals surface area (Å²) in [5.74, 6) is -0.539. The van der Waals surface area contributed by atoms with Crippen LogP contribution >= 0.6 is 11.6 Å². The van der Waals surface area contributed by atoms with Crippen LogP contribution in [0.15, 0.2) is 11.0 Å². The number of rotatable bonds is 3. The van der Waals surface area contributed by atoms with E-state index in [1.54, 1.807) is 0 Å². The van der Waals surface area contributed by atoms with Crippen molar-refractivity contribution in [1.82, 2.24) is 15.1 Å². The quantitative estimate of drug-likeness (QED) is 0.784. The third-order valence-electron chi connectivity index (χ3n) is 3.15. The van der Waals surface area contributed by atoms with Crippen LogP contribution in [-0.4, -0.2) is 49.0 Å². The van der Waals surface area contributed by atoms with Crippen LogP contribution in [0, 0.1) is 0 Å². The third kappa shape index (κ3) is 3.29. The van der Waals surface area contributed by atoms with E-state index in [-0.39, 0.29) is 11.6 Å². The second-order valence-corrected chi connectivity index (χ2v) is 4.85. The first-order valence-corrected chi connectivity index (χ1v) is 6.79. The number of hydrogen-bond acceptors (Lipinski definition) is 6. The van der Waals surface area contributed by atoms with E-state index in [2.05, 4.69) is 15.2 Å². The van der Waals surface area contributed by atoms with E-state index in [9.17, 15) is 9.59 Å². The Bertz CT molecular complexity index is 538. The number of carbonyl (C=O) groups excluding carboxylic acids is 1. The summed E-state index contributed by atoms with van der Waals surface area (Å²) in [7, 11) is 1.26. The molecule has 8 heteroatoms. The molecule has 0 saturated carbocycles. The van der Waals surface area contributed by atoms with Crippen LogP contribution in [0.1, 0.15) is 6.42 Å². The van der Waals surface area contributed by atoms with Crippen molar-refractivity contribution in [1.29, 1.82) is 0 Å². The van der Waals surface area contributed by atoms with Crippen molar-refractivity contribution < 1.29 is 9.53 Å². The first-order chi connectivity index (χ1) is 9.63. The molecule has 2 heterocycles. The average Bonchev–Trinajstić information content (AvgIpc) is 2.73. The van der Waals surface area contributed by atoms with Gasteiger partial charge in [-0.3, -0.25) is 9.59 Å². The van der Waals surface area contributed by atoms with E-state index in [0.717, 1.165) is 37.3 Å². The Labute approximate surface area is 121 Å². The minimum Gasteiger partial charge on any atom is -0.468 e. The minimum atomic E-state index is -0.539. The number of esters is 1. The maximum Gasteiger partial charge on any atom is 0.327 e. The first-order valence-electron chi connectivity index (χ1n) is 6.41. The van der Waals surface area contributed by atoms with E-state index in [0.29, 0.717) is 5.69 Å². The standard InChI is InChI=1S/C12H17ClN4O3/c1-20-10(18)8-17-12(19)11(13)9(7-15-17)16-5-2-3-14-4-6-16/h7,14H,2-6,8H2,1H3. The number of anilines is 1. The van der Waals surface area contributed by atoms with Gasteiger partial charge >= 0.3 is 5.97 Å². The number of halogens is 1. The lowest BCUT2D eigenvalue weighted by Crippen LogP contribution is -2.33. The van der Waals surface area contributed by atoms with Crippen LogP contribution < -0.4 is 15.8 Å². The summed E-state index contributed by atoms with van der Waals surface area (Å²) >= 11 is 6.12. The minimum absolute atomic E-state index is 0.0887. The first kappa shape index (κ1) is 14.8. The Morgan fingerprint density at radius 3 is 3.05 bits per heavy atom. The molecule has 0 unspecified atom stereocenters. The zero-order valence-electron chi connectivity index (χ0n) is 11.3. The summed E-state index contributed by atoms with van der Waals surface area (Å²) in [6, 6.07) is 0. The van der Waals surface area contributed by atoms with E-state index < -0.39 is 11.5 Å². The van der Waals surface area contributed by atoms with Crippen molar-refractivity contribution in [3.8, 4) is 0 Å². The third-order valence-corrected chi connectivity index (χ3v) is 3.51. The number of nitrogens with one attached hydrogen (secondary N) is 1. The lowest BCUT2D eigenvalue weighted by molar-refractivity contribution is -0.141. The molecule has 2 rings (SSSR count). The summed E-state index contributed by atoms with van der Waals surface area (Å²) < 4.78 is 5.52. The molecule has 0 bridgehead atoms. The Morgan fingerprint density at radius 2 is 2.30 bits per heavy atom. The molecule has 0 amide bonds. The summed E-state index contributed by atoms with van der Waals surface area (Å²) in [5.41, 5.74) is 0.133. The van der Waals surface area contributed by atoms with E-state index in [1.165, 1.54) is 13.3 Å². The normalized spacial score (nSPS) is 15.8.